The van der Waals surface area contributed by atoms with E-state index in [9.17, 15) is 0 Å². The molecule has 2 aromatic heterocycles. The molecule has 3 aliphatic rings. The molecule has 0 aromatic carbocycles. The SMILES string of the molecule is C=C(N1CCC2(CC1)CC(=NCC)c1sccc1C2)C1(F)CCN(Cc2csc(N)n2)CC1. The van der Waals surface area contributed by atoms with Crippen LogP contribution in [0.1, 0.15) is 55.2 Å². The second kappa shape index (κ2) is 9.12. The highest BCUT2D eigenvalue weighted by molar-refractivity contribution is 7.13. The Kier molecular flexibility index (Phi) is 6.35. The summed E-state index contributed by atoms with van der Waals surface area (Å²) in [6, 6.07) is 2.28. The maximum Gasteiger partial charge on any atom is 0.180 e. The van der Waals surface area contributed by atoms with E-state index in [0.717, 1.165) is 70.6 Å². The van der Waals surface area contributed by atoms with Crippen molar-refractivity contribution in [2.24, 2.45) is 10.4 Å². The average molecular weight is 488 g/mol. The van der Waals surface area contributed by atoms with E-state index in [0.29, 0.717) is 23.7 Å². The summed E-state index contributed by atoms with van der Waals surface area (Å²) in [4.78, 5) is 15.1. The number of hydrogen-bond acceptors (Lipinski definition) is 7. The number of aliphatic imine (C=N–C) groups is 1. The van der Waals surface area contributed by atoms with E-state index >= 15 is 4.39 Å². The number of nitrogens with two attached hydrogens (primary N) is 1. The van der Waals surface area contributed by atoms with Gasteiger partial charge in [-0.15, -0.1) is 22.7 Å². The van der Waals surface area contributed by atoms with Gasteiger partial charge in [-0.05, 0) is 67.9 Å². The first-order chi connectivity index (χ1) is 15.9. The van der Waals surface area contributed by atoms with Crippen LogP contribution in [0.5, 0.6) is 0 Å². The van der Waals surface area contributed by atoms with Crippen molar-refractivity contribution >= 4 is 33.5 Å². The first-order valence-electron chi connectivity index (χ1n) is 12.1. The monoisotopic (exact) mass is 487 g/mol. The smallest absolute Gasteiger partial charge is 0.180 e. The Morgan fingerprint density at radius 3 is 2.61 bits per heavy atom. The molecule has 2 aromatic rings. The Balaban J connectivity index is 1.18. The third-order valence-corrected chi connectivity index (χ3v) is 9.52. The second-order valence-electron chi connectivity index (χ2n) is 9.90. The van der Waals surface area contributed by atoms with Gasteiger partial charge in [-0.2, -0.15) is 0 Å². The van der Waals surface area contributed by atoms with Gasteiger partial charge in [0.15, 0.2) is 10.8 Å². The lowest BCUT2D eigenvalue weighted by molar-refractivity contribution is 0.0407. The highest BCUT2D eigenvalue weighted by atomic mass is 32.1. The molecule has 2 fully saturated rings. The van der Waals surface area contributed by atoms with Crippen LogP contribution >= 0.6 is 22.7 Å². The number of halogens is 1. The van der Waals surface area contributed by atoms with Gasteiger partial charge in [0.05, 0.1) is 16.3 Å². The minimum atomic E-state index is -1.30. The van der Waals surface area contributed by atoms with Gasteiger partial charge in [-0.1, -0.05) is 6.58 Å². The molecular weight excluding hydrogens is 453 g/mol. The zero-order valence-corrected chi connectivity index (χ0v) is 21.1. The number of thiazole rings is 1. The van der Waals surface area contributed by atoms with Crippen molar-refractivity contribution < 1.29 is 4.39 Å². The van der Waals surface area contributed by atoms with Crippen molar-refractivity contribution in [2.75, 3.05) is 38.5 Å². The van der Waals surface area contributed by atoms with Gasteiger partial charge in [0.2, 0.25) is 0 Å². The predicted molar refractivity (Wildman–Crippen MR) is 137 cm³/mol. The minimum absolute atomic E-state index is 0.265. The maximum atomic E-state index is 16.0. The third kappa shape index (κ3) is 4.62. The van der Waals surface area contributed by atoms with Crippen LogP contribution < -0.4 is 5.73 Å². The summed E-state index contributed by atoms with van der Waals surface area (Å²) in [5.41, 5.74) is 9.14. The number of piperidine rings is 2. The predicted octanol–water partition coefficient (Wildman–Crippen LogP) is 5.14. The van der Waals surface area contributed by atoms with Gasteiger partial charge in [-0.3, -0.25) is 9.89 Å². The number of hydrogen-bond donors (Lipinski definition) is 1. The quantitative estimate of drug-likeness (QED) is 0.634. The molecule has 0 amide bonds. The van der Waals surface area contributed by atoms with Crippen molar-refractivity contribution in [3.8, 4) is 0 Å². The van der Waals surface area contributed by atoms with E-state index in [1.54, 1.807) is 0 Å². The standard InChI is InChI=1S/C25H34FN5S2/c1-3-28-21-15-24(14-19-4-13-32-22(19)21)5-11-31(12-6-24)18(2)25(26)7-9-30(10-8-25)16-20-17-33-23(27)29-20/h4,13,17H,2-3,5-12,14-16H2,1H3,(H2,27,29). The second-order valence-corrected chi connectivity index (χ2v) is 11.7. The van der Waals surface area contributed by atoms with E-state index in [-0.39, 0.29) is 5.41 Å². The van der Waals surface area contributed by atoms with Crippen LogP contribution in [0.4, 0.5) is 9.52 Å². The zero-order chi connectivity index (χ0) is 23.1. The van der Waals surface area contributed by atoms with Crippen LogP contribution in [0.2, 0.25) is 0 Å². The number of aromatic nitrogens is 1. The molecular formula is C25H34FN5S2. The van der Waals surface area contributed by atoms with Gasteiger partial charge in [-0.25, -0.2) is 9.37 Å². The number of fused-ring (bicyclic) bond motifs is 1. The number of alkyl halides is 1. The van der Waals surface area contributed by atoms with E-state index in [4.69, 9.17) is 10.7 Å². The fourth-order valence-corrected chi connectivity index (χ4v) is 7.30. The summed E-state index contributed by atoms with van der Waals surface area (Å²) in [5, 5.41) is 4.80. The lowest BCUT2D eigenvalue weighted by atomic mass is 9.67. The summed E-state index contributed by atoms with van der Waals surface area (Å²) in [6.07, 6.45) is 5.35. The molecule has 0 radical (unpaired) electrons. The molecule has 4 heterocycles. The van der Waals surface area contributed by atoms with Gasteiger partial charge in [0.25, 0.3) is 0 Å². The molecule has 0 saturated carbocycles. The van der Waals surface area contributed by atoms with Crippen LogP contribution in [0.25, 0.3) is 0 Å². The van der Waals surface area contributed by atoms with E-state index in [1.165, 1.54) is 27.5 Å². The summed E-state index contributed by atoms with van der Waals surface area (Å²) in [6.45, 7) is 11.2. The Morgan fingerprint density at radius 1 is 1.18 bits per heavy atom. The molecule has 0 unspecified atom stereocenters. The number of nitrogens with zero attached hydrogens (tertiary/aromatic N) is 4. The number of rotatable bonds is 5. The number of nitrogen functional groups attached to an aromatic ring is 1. The largest absolute Gasteiger partial charge is 0.375 e. The Bertz CT molecular complexity index is 1030. The zero-order valence-electron chi connectivity index (χ0n) is 19.5. The summed E-state index contributed by atoms with van der Waals surface area (Å²) >= 11 is 3.29. The van der Waals surface area contributed by atoms with Crippen molar-refractivity contribution in [3.63, 3.8) is 0 Å². The fraction of sp³-hybridized carbons (Fsp3) is 0.600. The summed E-state index contributed by atoms with van der Waals surface area (Å²) in [7, 11) is 0. The van der Waals surface area contributed by atoms with Gasteiger partial charge in [0, 0.05) is 50.3 Å². The molecule has 1 aliphatic carbocycles. The molecule has 0 atom stereocenters. The van der Waals surface area contributed by atoms with Crippen LogP contribution in [-0.4, -0.2) is 58.9 Å². The molecule has 8 heteroatoms. The molecule has 5 nitrogen and oxygen atoms in total. The van der Waals surface area contributed by atoms with Crippen LogP contribution in [0.3, 0.4) is 0 Å². The van der Waals surface area contributed by atoms with Crippen molar-refractivity contribution in [2.45, 2.75) is 57.7 Å². The third-order valence-electron chi connectivity index (χ3n) is 7.79. The van der Waals surface area contributed by atoms with Gasteiger partial charge < -0.3 is 10.6 Å². The highest BCUT2D eigenvalue weighted by Gasteiger charge is 2.44. The maximum absolute atomic E-state index is 16.0. The Labute approximate surface area is 204 Å². The number of allylic oxidation sites excluding steroid dienone is 1. The molecule has 178 valence electrons. The first-order valence-corrected chi connectivity index (χ1v) is 13.8. The van der Waals surface area contributed by atoms with E-state index in [1.807, 2.05) is 16.7 Å². The lowest BCUT2D eigenvalue weighted by Gasteiger charge is -2.48. The number of likely N-dealkylation sites (tertiary alicyclic amines) is 2. The topological polar surface area (TPSA) is 57.8 Å². The average Bonchev–Trinajstić information content (AvgIpc) is 3.44. The van der Waals surface area contributed by atoms with Crippen molar-refractivity contribution in [3.05, 3.63) is 45.2 Å². The van der Waals surface area contributed by atoms with E-state index in [2.05, 4.69) is 39.7 Å². The number of anilines is 1. The highest BCUT2D eigenvalue weighted by Crippen LogP contribution is 2.47. The number of thiophene rings is 1. The first kappa shape index (κ1) is 23.0. The Morgan fingerprint density at radius 2 is 1.94 bits per heavy atom. The fourth-order valence-electron chi connectivity index (χ4n) is 5.82. The Hall–Kier alpha value is -1.77. The minimum Gasteiger partial charge on any atom is -0.375 e. The van der Waals surface area contributed by atoms with E-state index < -0.39 is 5.67 Å². The molecule has 2 N–H and O–H groups in total. The van der Waals surface area contributed by atoms with Crippen molar-refractivity contribution in [1.82, 2.24) is 14.8 Å². The molecule has 2 saturated heterocycles. The molecule has 33 heavy (non-hydrogen) atoms. The normalized spacial score (nSPS) is 23.7. The summed E-state index contributed by atoms with van der Waals surface area (Å²) in [5.74, 6) is 0. The van der Waals surface area contributed by atoms with Crippen molar-refractivity contribution in [1.29, 1.82) is 0 Å². The van der Waals surface area contributed by atoms with Crippen LogP contribution in [-0.2, 0) is 13.0 Å². The van der Waals surface area contributed by atoms with Gasteiger partial charge >= 0.3 is 0 Å². The lowest BCUT2D eigenvalue weighted by Crippen LogP contribution is -2.50. The molecule has 0 bridgehead atoms. The summed E-state index contributed by atoms with van der Waals surface area (Å²) < 4.78 is 16.0. The molecule has 1 spiro atoms. The van der Waals surface area contributed by atoms with Crippen LogP contribution in [0.15, 0.2) is 34.1 Å². The molecule has 2 aliphatic heterocycles. The van der Waals surface area contributed by atoms with Crippen LogP contribution in [0, 0.1) is 5.41 Å². The molecule has 5 rings (SSSR count). The van der Waals surface area contributed by atoms with Gasteiger partial charge in [0.1, 0.15) is 0 Å².